The Morgan fingerprint density at radius 3 is 0.814 bits per heavy atom. The quantitative estimate of drug-likeness (QED) is 0.105. The van der Waals surface area contributed by atoms with Crippen LogP contribution in [-0.4, -0.2) is 74.8 Å². The van der Waals surface area contributed by atoms with Gasteiger partial charge in [-0.05, 0) is 146 Å². The fourth-order valence-electron chi connectivity index (χ4n) is 12.0. The Morgan fingerprint density at radius 2 is 0.504 bits per heavy atom. The zero-order valence-electron chi connectivity index (χ0n) is 73.3. The molecule has 4 radical (unpaired) electrons. The van der Waals surface area contributed by atoms with Gasteiger partial charge in [0.1, 0.15) is 17.5 Å². The number of rotatable bonds is 12. The summed E-state index contributed by atoms with van der Waals surface area (Å²) in [5.74, 6) is 2.85. The van der Waals surface area contributed by atoms with Gasteiger partial charge < -0.3 is 39.9 Å². The van der Waals surface area contributed by atoms with Crippen LogP contribution in [0.2, 0.25) is 0 Å². The molecule has 0 atom stereocenters. The molecule has 19 heteroatoms. The van der Waals surface area contributed by atoms with E-state index >= 15 is 0 Å². The predicted octanol–water partition coefficient (Wildman–Crippen LogP) is 24.4. The van der Waals surface area contributed by atoms with Gasteiger partial charge in [-0.15, -0.1) is 287 Å². The Hall–Kier alpha value is -14.1. The van der Waals surface area contributed by atoms with E-state index in [1.54, 1.807) is 55.6 Å². The number of benzene rings is 8. The summed E-state index contributed by atoms with van der Waals surface area (Å²) in [5.41, 5.74) is 23.2. The van der Waals surface area contributed by atoms with E-state index in [4.69, 9.17) is 4.11 Å². The molecule has 0 N–H and O–H groups in total. The number of aryl methyl sites for hydroxylation is 5. The molecule has 0 spiro atoms. The Bertz CT molecular complexity index is 6170. The molecule has 12 aromatic heterocycles. The predicted molar refractivity (Wildman–Crippen MR) is 498 cm³/mol. The maximum Gasteiger partial charge on any atom is 0.164 e. The van der Waals surface area contributed by atoms with Crippen LogP contribution in [0, 0.1) is 83.1 Å². The van der Waals surface area contributed by atoms with Gasteiger partial charge in [-0.2, -0.15) is 0 Å². The van der Waals surface area contributed by atoms with Crippen molar-refractivity contribution in [3.63, 3.8) is 0 Å². The van der Waals surface area contributed by atoms with Crippen LogP contribution >= 0.6 is 0 Å². The molecule has 0 unspecified atom stereocenters. The van der Waals surface area contributed by atoms with Crippen molar-refractivity contribution in [1.29, 1.82) is 0 Å². The molecular weight excluding hydrogens is 2300 g/mol. The minimum absolute atomic E-state index is 0. The first-order valence-corrected chi connectivity index (χ1v) is 39.9. The van der Waals surface area contributed by atoms with Crippen molar-refractivity contribution in [2.75, 3.05) is 0 Å². The second kappa shape index (κ2) is 54.1. The SMILES string of the molecule is Cc1cccc(-c2ccnc(-c3[c-]cccc3)c2)n1.Cc1nc(C)nc(-c2ccc(-c3[c-]cccc3)nc2)n1.Cc1nccc(-c2ccc(-c3[c-]cccc3)nc2)n1.[2H]C([2H])([2H])c1ccc(-c2ccc(-c3[c-]cccc3)nc2)cn1.[Ir].[Ir].[Ir].[Ir].[c-]1ccccc1-c1ccccn1.[c-]1ccccc1-c1ccccn1.[c-]1ccccc1-c1ccccn1.[c-]1ccccc1-c1ccccn1. The van der Waals surface area contributed by atoms with Crippen LogP contribution in [0.5, 0.6) is 0 Å². The van der Waals surface area contributed by atoms with Crippen molar-refractivity contribution in [2.24, 2.45) is 0 Å². The minimum atomic E-state index is -2.18. The van der Waals surface area contributed by atoms with Crippen LogP contribution in [0.4, 0.5) is 0 Å². The van der Waals surface area contributed by atoms with E-state index in [2.05, 4.69) is 123 Å². The molecule has 0 aliphatic heterocycles. The molecule has 0 aliphatic carbocycles. The zero-order valence-corrected chi connectivity index (χ0v) is 79.9. The van der Waals surface area contributed by atoms with Gasteiger partial charge in [0.25, 0.3) is 0 Å². The molecule has 15 nitrogen and oxygen atoms in total. The van der Waals surface area contributed by atoms with E-state index in [0.29, 0.717) is 17.5 Å². The van der Waals surface area contributed by atoms with E-state index in [-0.39, 0.29) is 86.1 Å². The first kappa shape index (κ1) is 94.1. The second-order valence-corrected chi connectivity index (χ2v) is 27.1. The van der Waals surface area contributed by atoms with Crippen molar-refractivity contribution in [2.45, 2.75) is 34.5 Å². The van der Waals surface area contributed by atoms with Gasteiger partial charge in [0.2, 0.25) is 0 Å². The monoisotopic (exact) mass is 2390 g/mol. The van der Waals surface area contributed by atoms with Crippen LogP contribution in [0.3, 0.4) is 0 Å². The molecule has 0 aliphatic rings. The molecule has 129 heavy (non-hydrogen) atoms. The van der Waals surface area contributed by atoms with Crippen LogP contribution in [-0.2, 0) is 80.4 Å². The van der Waals surface area contributed by atoms with Gasteiger partial charge in [0, 0.05) is 175 Å². The number of aromatic nitrogens is 15. The van der Waals surface area contributed by atoms with Crippen LogP contribution in [0.15, 0.2) is 414 Å². The Kier molecular flexibility index (Phi) is 39.4. The molecule has 0 saturated heterocycles. The Labute approximate surface area is 813 Å². The molecule has 0 fully saturated rings. The maximum absolute atomic E-state index is 7.33. The summed E-state index contributed by atoms with van der Waals surface area (Å²) in [7, 11) is 0. The van der Waals surface area contributed by atoms with Gasteiger partial charge in [-0.1, -0.05) is 103 Å². The standard InChI is InChI=1S/2C17H13N2.C16H13N4.C16H12N3.4C11H8N.4Ir/c1-13-6-5-9-16(19-13)15-10-11-18-17(12-15)14-7-3-2-4-8-14;1-13-7-8-15(11-18-13)16-9-10-17(19-12-16)14-5-3-2-4-6-14;1-11-18-12(2)20-16(19-11)14-8-9-15(17-10-14)13-6-4-3-5-7-13;1-12-17-10-9-16(19-12)14-7-8-15(18-11-14)13-5-3-2-4-6-13;4*1-2-6-10(7-3-1)11-8-4-5-9-12-11;;;;/h2-7,9-12H,1H3;2-5,7-12H,1H3;3-6,8-10H,1-2H3;2-5,7-11H,1H3;4*1-6,8-9H;;;;/q8*-1;;;;/i;1D3;;;;;;;;;;. The molecule has 20 aromatic rings. The third kappa shape index (κ3) is 31.8. The molecule has 20 rings (SSSR count). The van der Waals surface area contributed by atoms with Crippen LogP contribution < -0.4 is 0 Å². The third-order valence-electron chi connectivity index (χ3n) is 18.1. The summed E-state index contributed by atoms with van der Waals surface area (Å²) in [6.07, 6.45) is 17.7. The Morgan fingerprint density at radius 1 is 0.194 bits per heavy atom. The van der Waals surface area contributed by atoms with Gasteiger partial charge in [-0.25, -0.2) is 24.9 Å². The van der Waals surface area contributed by atoms with Crippen LogP contribution in [0.25, 0.3) is 135 Å². The van der Waals surface area contributed by atoms with Gasteiger partial charge in [-0.3, -0.25) is 9.97 Å². The minimum Gasteiger partial charge on any atom is -0.305 e. The van der Waals surface area contributed by atoms with Gasteiger partial charge >= 0.3 is 0 Å². The first-order chi connectivity index (χ1) is 62.8. The second-order valence-electron chi connectivity index (χ2n) is 27.1. The van der Waals surface area contributed by atoms with Gasteiger partial charge in [0.05, 0.1) is 11.4 Å². The zero-order chi connectivity index (χ0) is 88.6. The summed E-state index contributed by atoms with van der Waals surface area (Å²) in [4.78, 5) is 64.5. The number of pyridine rings is 10. The summed E-state index contributed by atoms with van der Waals surface area (Å²) in [5, 5.41) is 0. The van der Waals surface area contributed by atoms with Crippen molar-refractivity contribution >= 4 is 0 Å². The Balaban J connectivity index is 0.000000171. The molecule has 12 heterocycles. The molecule has 0 amide bonds. The number of hydrogen-bond acceptors (Lipinski definition) is 15. The fraction of sp³-hybridized carbons (Fsp3) is 0.0455. The molecule has 0 saturated carbocycles. The number of nitrogens with zero attached hydrogens (tertiary/aromatic N) is 15. The molecule has 642 valence electrons. The average Bonchev–Trinajstić information content (AvgIpc) is 0.848. The smallest absolute Gasteiger partial charge is 0.164 e. The van der Waals surface area contributed by atoms with E-state index in [1.807, 2.05) is 380 Å². The van der Waals surface area contributed by atoms with Crippen molar-refractivity contribution in [1.82, 2.24) is 74.8 Å². The van der Waals surface area contributed by atoms with E-state index in [0.717, 1.165) is 141 Å². The largest absolute Gasteiger partial charge is 0.305 e. The number of hydrogen-bond donors (Lipinski definition) is 0. The summed E-state index contributed by atoms with van der Waals surface area (Å²) in [6, 6.07) is 138. The molecule has 8 aromatic carbocycles. The topological polar surface area (TPSA) is 193 Å². The fourth-order valence-corrected chi connectivity index (χ4v) is 12.0. The van der Waals surface area contributed by atoms with Crippen LogP contribution in [0.1, 0.15) is 33.0 Å². The van der Waals surface area contributed by atoms with Crippen molar-refractivity contribution < 1.29 is 84.5 Å². The molecular formula is C110H83Ir4N15-8. The first-order valence-electron chi connectivity index (χ1n) is 41.4. The third-order valence-corrected chi connectivity index (χ3v) is 18.1. The normalized spacial score (nSPS) is 10.2. The van der Waals surface area contributed by atoms with Crippen molar-refractivity contribution in [3.05, 3.63) is 491 Å². The summed E-state index contributed by atoms with van der Waals surface area (Å²) >= 11 is 0. The maximum atomic E-state index is 7.33. The van der Waals surface area contributed by atoms with E-state index in [1.165, 1.54) is 6.07 Å². The summed E-state index contributed by atoms with van der Waals surface area (Å²) in [6.45, 7) is 5.42. The van der Waals surface area contributed by atoms with Gasteiger partial charge in [0.15, 0.2) is 5.82 Å². The van der Waals surface area contributed by atoms with E-state index in [9.17, 15) is 0 Å². The average molecular weight is 2390 g/mol. The molecule has 0 bridgehead atoms. The van der Waals surface area contributed by atoms with E-state index < -0.39 is 6.85 Å². The summed E-state index contributed by atoms with van der Waals surface area (Å²) < 4.78 is 22.0. The van der Waals surface area contributed by atoms with Crippen molar-refractivity contribution in [3.8, 4) is 135 Å².